The molecule has 0 saturated carbocycles. The van der Waals surface area contributed by atoms with Crippen LogP contribution in [0, 0.1) is 0 Å². The summed E-state index contributed by atoms with van der Waals surface area (Å²) in [4.78, 5) is 74.8. The fraction of sp³-hybridized carbons (Fsp3) is 0.939. The maximum atomic E-state index is 14.1. The first kappa shape index (κ1) is 77.9. The molecular formula is C66H126NO14P. The summed E-state index contributed by atoms with van der Waals surface area (Å²) in [5.74, 6) is -2.43. The summed E-state index contributed by atoms with van der Waals surface area (Å²) in [6.07, 6.45) is 41.7. The number of aliphatic hydroxyl groups excluding tert-OH is 2. The van der Waals surface area contributed by atoms with Gasteiger partial charge in [-0.25, -0.2) is 4.57 Å². The van der Waals surface area contributed by atoms with Gasteiger partial charge in [0.1, 0.15) is 30.5 Å². The van der Waals surface area contributed by atoms with Crippen molar-refractivity contribution < 1.29 is 67.2 Å². The Hall–Kier alpha value is -2.13. The number of carbonyl (C=O) groups is 4. The number of esters is 3. The van der Waals surface area contributed by atoms with Crippen molar-refractivity contribution in [2.24, 2.45) is 0 Å². The number of nitrogens with one attached hydrogen (secondary N) is 1. The summed E-state index contributed by atoms with van der Waals surface area (Å²) in [6, 6.07) is -1.63. The van der Waals surface area contributed by atoms with Crippen LogP contribution in [0.4, 0.5) is 0 Å². The van der Waals surface area contributed by atoms with E-state index in [2.05, 4.69) is 33.0 Å². The predicted molar refractivity (Wildman–Crippen MR) is 330 cm³/mol. The van der Waals surface area contributed by atoms with E-state index in [-0.39, 0.29) is 19.3 Å². The van der Waals surface area contributed by atoms with Crippen molar-refractivity contribution in [2.75, 3.05) is 6.61 Å². The first-order valence-electron chi connectivity index (χ1n) is 34.3. The molecular weight excluding hydrogens is 1060 g/mol. The molecule has 1 heterocycles. The highest BCUT2D eigenvalue weighted by Crippen LogP contribution is 2.42. The van der Waals surface area contributed by atoms with Gasteiger partial charge < -0.3 is 44.3 Å². The van der Waals surface area contributed by atoms with Crippen molar-refractivity contribution in [3.63, 3.8) is 0 Å². The minimum atomic E-state index is -5.35. The molecule has 1 amide bonds. The third kappa shape index (κ3) is 45.2. The number of hydrogen-bond donors (Lipinski definition) is 5. The Labute approximate surface area is 500 Å². The van der Waals surface area contributed by atoms with Gasteiger partial charge in [0.05, 0.1) is 19.4 Å². The third-order valence-electron chi connectivity index (χ3n) is 16.3. The van der Waals surface area contributed by atoms with Crippen LogP contribution in [0.2, 0.25) is 0 Å². The Morgan fingerprint density at radius 2 is 0.744 bits per heavy atom. The number of hydrogen-bond acceptors (Lipinski definition) is 12. The largest absolute Gasteiger partial charge is 0.470 e. The summed E-state index contributed by atoms with van der Waals surface area (Å²) in [6.45, 7) is 7.98. The SMILES string of the molecule is CCCCCCCCCCCCCCCCCC(=O)O[C@H](CCCCCCCCCCC)CC(=O)N[C@H]1[C@@H](OC(=O)C[C@@H](CCCCCCCCCCC)OC(=O)CCCCCCCCCCCCC)[C@H](OP(=O)(O)O)[C@@H](CO)O[C@@H]1O. The molecule has 1 aliphatic rings. The maximum absolute atomic E-state index is 14.1. The Balaban J connectivity index is 3.10. The Morgan fingerprint density at radius 1 is 0.439 bits per heavy atom. The lowest BCUT2D eigenvalue weighted by atomic mass is 9.96. The molecule has 1 saturated heterocycles. The van der Waals surface area contributed by atoms with Crippen molar-refractivity contribution in [2.45, 2.75) is 392 Å². The van der Waals surface area contributed by atoms with Crippen LogP contribution >= 0.6 is 7.82 Å². The molecule has 15 nitrogen and oxygen atoms in total. The molecule has 5 N–H and O–H groups in total. The minimum Gasteiger partial charge on any atom is -0.462 e. The second-order valence-corrected chi connectivity index (χ2v) is 25.4. The molecule has 1 aliphatic heterocycles. The van der Waals surface area contributed by atoms with E-state index in [1.165, 1.54) is 167 Å². The van der Waals surface area contributed by atoms with Gasteiger partial charge in [-0.15, -0.1) is 0 Å². The molecule has 1 rings (SSSR count). The first-order valence-corrected chi connectivity index (χ1v) is 35.9. The molecule has 16 heteroatoms. The monoisotopic (exact) mass is 1190 g/mol. The number of unbranched alkanes of at least 4 members (excludes halogenated alkanes) is 40. The molecule has 0 aliphatic carbocycles. The topological polar surface area (TPSA) is 224 Å². The lowest BCUT2D eigenvalue weighted by Gasteiger charge is -2.43. The number of amides is 1. The Bertz CT molecular complexity index is 1570. The normalized spacial score (nSPS) is 18.1. The highest BCUT2D eigenvalue weighted by atomic mass is 31.2. The van der Waals surface area contributed by atoms with Crippen LogP contribution in [0.1, 0.15) is 349 Å². The Kier molecular flexibility index (Phi) is 51.5. The van der Waals surface area contributed by atoms with Crippen molar-refractivity contribution in [3.8, 4) is 0 Å². The van der Waals surface area contributed by atoms with Crippen LogP contribution in [0.5, 0.6) is 0 Å². The van der Waals surface area contributed by atoms with Gasteiger partial charge in [-0.3, -0.25) is 23.7 Å². The number of phosphoric acid groups is 1. The van der Waals surface area contributed by atoms with Gasteiger partial charge in [-0.2, -0.15) is 0 Å². The fourth-order valence-electron chi connectivity index (χ4n) is 11.3. The van der Waals surface area contributed by atoms with E-state index < -0.39 is 87.5 Å². The maximum Gasteiger partial charge on any atom is 0.470 e. The van der Waals surface area contributed by atoms with E-state index >= 15 is 0 Å². The van der Waals surface area contributed by atoms with Crippen molar-refractivity contribution in [1.82, 2.24) is 5.32 Å². The van der Waals surface area contributed by atoms with Crippen molar-refractivity contribution in [3.05, 3.63) is 0 Å². The molecule has 0 aromatic carbocycles. The molecule has 0 bridgehead atoms. The van der Waals surface area contributed by atoms with Gasteiger partial charge in [0.15, 0.2) is 12.4 Å². The smallest absolute Gasteiger partial charge is 0.462 e. The average molecular weight is 1190 g/mol. The van der Waals surface area contributed by atoms with Crippen LogP contribution in [0.15, 0.2) is 0 Å². The first-order chi connectivity index (χ1) is 39.8. The van der Waals surface area contributed by atoms with Gasteiger partial charge in [0.25, 0.3) is 0 Å². The lowest BCUT2D eigenvalue weighted by Crippen LogP contribution is -2.65. The highest BCUT2D eigenvalue weighted by molar-refractivity contribution is 7.46. The minimum absolute atomic E-state index is 0.200. The average Bonchev–Trinajstić information content (AvgIpc) is 3.48. The van der Waals surface area contributed by atoms with Crippen LogP contribution in [-0.2, 0) is 47.2 Å². The molecule has 82 heavy (non-hydrogen) atoms. The molecule has 0 aromatic rings. The van der Waals surface area contributed by atoms with Gasteiger partial charge in [-0.05, 0) is 38.5 Å². The van der Waals surface area contributed by atoms with Crippen LogP contribution < -0.4 is 5.32 Å². The number of rotatable bonds is 59. The van der Waals surface area contributed by atoms with Crippen LogP contribution in [-0.4, -0.2) is 93.3 Å². The second-order valence-electron chi connectivity index (χ2n) is 24.2. The fourth-order valence-corrected chi connectivity index (χ4v) is 11.9. The van der Waals surface area contributed by atoms with E-state index in [0.717, 1.165) is 96.3 Å². The molecule has 0 radical (unpaired) electrons. The summed E-state index contributed by atoms with van der Waals surface area (Å²) < 4.78 is 40.9. The van der Waals surface area contributed by atoms with Crippen LogP contribution in [0.3, 0.4) is 0 Å². The summed E-state index contributed by atoms with van der Waals surface area (Å²) in [5, 5.41) is 24.3. The number of phosphoric ester groups is 1. The molecule has 0 unspecified atom stereocenters. The van der Waals surface area contributed by atoms with E-state index in [1.54, 1.807) is 0 Å². The number of carbonyl (C=O) groups excluding carboxylic acids is 4. The molecule has 1 fully saturated rings. The van der Waals surface area contributed by atoms with E-state index in [1.807, 2.05) is 0 Å². The quantitative estimate of drug-likeness (QED) is 0.0165. The van der Waals surface area contributed by atoms with Gasteiger partial charge in [0, 0.05) is 12.8 Å². The summed E-state index contributed by atoms with van der Waals surface area (Å²) >= 11 is 0. The lowest BCUT2D eigenvalue weighted by molar-refractivity contribution is -0.256. The zero-order valence-electron chi connectivity index (χ0n) is 52.9. The van der Waals surface area contributed by atoms with Gasteiger partial charge in [-0.1, -0.05) is 285 Å². The van der Waals surface area contributed by atoms with Gasteiger partial charge in [0.2, 0.25) is 5.91 Å². The van der Waals surface area contributed by atoms with Crippen molar-refractivity contribution >= 4 is 31.6 Å². The van der Waals surface area contributed by atoms with Crippen molar-refractivity contribution in [1.29, 1.82) is 0 Å². The second kappa shape index (κ2) is 54.3. The van der Waals surface area contributed by atoms with E-state index in [9.17, 15) is 43.7 Å². The Morgan fingerprint density at radius 3 is 1.06 bits per heavy atom. The standard InChI is InChI=1S/C66H126NO14P/c1-5-9-13-17-21-25-27-28-29-30-32-36-40-43-47-51-60(70)77-56(49-45-41-37-33-23-19-15-11-7-3)53-59(69)67-63-65(64(81-82(74,75)76)58(55-68)79-66(63)73)80-62(72)54-57(50-46-42-38-34-24-20-16-12-8-4)78-61(71)52-48-44-39-35-31-26-22-18-14-10-6-2/h56-58,63-66,68,73H,5-55H2,1-4H3,(H,67,69)(H2,74,75,76)/t56-,57-,58-,63+,64-,65-,66+/m1/s1. The summed E-state index contributed by atoms with van der Waals surface area (Å²) in [5.41, 5.74) is 0. The molecule has 0 spiro atoms. The predicted octanol–water partition coefficient (Wildman–Crippen LogP) is 17.0. The van der Waals surface area contributed by atoms with E-state index in [0.29, 0.717) is 32.1 Å². The highest BCUT2D eigenvalue weighted by Gasteiger charge is 2.51. The van der Waals surface area contributed by atoms with Gasteiger partial charge >= 0.3 is 25.7 Å². The summed E-state index contributed by atoms with van der Waals surface area (Å²) in [7, 11) is -5.35. The number of ether oxygens (including phenoxy) is 4. The van der Waals surface area contributed by atoms with E-state index in [4.69, 9.17) is 23.5 Å². The molecule has 0 aromatic heterocycles. The zero-order chi connectivity index (χ0) is 60.2. The number of aliphatic hydroxyl groups is 2. The molecule has 484 valence electrons. The van der Waals surface area contributed by atoms with Crippen LogP contribution in [0.25, 0.3) is 0 Å². The molecule has 7 atom stereocenters. The third-order valence-corrected chi connectivity index (χ3v) is 16.8. The zero-order valence-corrected chi connectivity index (χ0v) is 53.8.